The molecule has 3 heterocycles. The Morgan fingerprint density at radius 3 is 2.55 bits per heavy atom. The number of amides is 1. The van der Waals surface area contributed by atoms with Crippen LogP contribution in [0.4, 0.5) is 5.82 Å². The van der Waals surface area contributed by atoms with Gasteiger partial charge in [-0.3, -0.25) is 4.79 Å². The maximum atomic E-state index is 12.7. The number of pyridine rings is 1. The Morgan fingerprint density at radius 1 is 1.06 bits per heavy atom. The molecule has 7 nitrogen and oxygen atoms in total. The summed E-state index contributed by atoms with van der Waals surface area (Å²) < 4.78 is 3.50. The molecule has 31 heavy (non-hydrogen) atoms. The smallest absolute Gasteiger partial charge is 0.225 e. The maximum absolute atomic E-state index is 12.7. The molecule has 1 N–H and O–H groups in total. The summed E-state index contributed by atoms with van der Waals surface area (Å²) in [6.45, 7) is 6.27. The predicted molar refractivity (Wildman–Crippen MR) is 121 cm³/mol. The highest BCUT2D eigenvalue weighted by Gasteiger charge is 2.21. The predicted octanol–water partition coefficient (Wildman–Crippen LogP) is 4.32. The van der Waals surface area contributed by atoms with Gasteiger partial charge in [0.1, 0.15) is 5.82 Å². The zero-order valence-electron chi connectivity index (χ0n) is 18.0. The van der Waals surface area contributed by atoms with Crippen LogP contribution in [0.1, 0.15) is 38.4 Å². The molecule has 4 aromatic rings. The van der Waals surface area contributed by atoms with Crippen LogP contribution in [0.15, 0.2) is 73.2 Å². The van der Waals surface area contributed by atoms with Crippen LogP contribution in [0.5, 0.6) is 0 Å². The van der Waals surface area contributed by atoms with Crippen molar-refractivity contribution in [2.45, 2.75) is 39.0 Å². The monoisotopic (exact) mass is 414 g/mol. The van der Waals surface area contributed by atoms with Gasteiger partial charge in [0.2, 0.25) is 5.91 Å². The average molecular weight is 415 g/mol. The molecule has 3 aromatic heterocycles. The molecule has 0 spiro atoms. The molecule has 0 bridgehead atoms. The minimum atomic E-state index is -0.147. The minimum Gasteiger partial charge on any atom is -0.311 e. The first-order valence-corrected chi connectivity index (χ1v) is 10.3. The first-order chi connectivity index (χ1) is 14.9. The summed E-state index contributed by atoms with van der Waals surface area (Å²) in [6, 6.07) is 17.4. The first kappa shape index (κ1) is 20.5. The summed E-state index contributed by atoms with van der Waals surface area (Å²) in [5.74, 6) is 1.20. The molecule has 158 valence electrons. The molecule has 0 radical (unpaired) electrons. The molecular formula is C24H26N6O. The number of nitrogens with zero attached hydrogens (tertiary/aromatic N) is 5. The van der Waals surface area contributed by atoms with E-state index in [1.807, 2.05) is 65.5 Å². The fourth-order valence-corrected chi connectivity index (χ4v) is 3.16. The lowest BCUT2D eigenvalue weighted by Gasteiger charge is -2.13. The second-order valence-corrected chi connectivity index (χ2v) is 8.44. The van der Waals surface area contributed by atoms with Gasteiger partial charge in [-0.2, -0.15) is 14.9 Å². The van der Waals surface area contributed by atoms with E-state index >= 15 is 0 Å². The lowest BCUT2D eigenvalue weighted by molar-refractivity contribution is -0.116. The van der Waals surface area contributed by atoms with Crippen LogP contribution >= 0.6 is 0 Å². The Balaban J connectivity index is 1.46. The topological polar surface area (TPSA) is 77.6 Å². The summed E-state index contributed by atoms with van der Waals surface area (Å²) in [6.07, 6.45) is 6.42. The maximum Gasteiger partial charge on any atom is 0.225 e. The second kappa shape index (κ2) is 8.55. The highest BCUT2D eigenvalue weighted by Crippen LogP contribution is 2.26. The summed E-state index contributed by atoms with van der Waals surface area (Å²) in [5, 5.41) is 12.1. The van der Waals surface area contributed by atoms with Crippen molar-refractivity contribution >= 4 is 11.7 Å². The molecule has 1 amide bonds. The van der Waals surface area contributed by atoms with E-state index in [4.69, 9.17) is 0 Å². The van der Waals surface area contributed by atoms with Gasteiger partial charge in [-0.05, 0) is 36.2 Å². The first-order valence-electron chi connectivity index (χ1n) is 10.3. The molecule has 0 unspecified atom stereocenters. The number of para-hydroxylation sites is 1. The molecule has 0 aliphatic heterocycles. The van der Waals surface area contributed by atoms with Gasteiger partial charge in [0.15, 0.2) is 5.82 Å². The molecule has 0 atom stereocenters. The van der Waals surface area contributed by atoms with E-state index in [0.717, 1.165) is 16.9 Å². The van der Waals surface area contributed by atoms with Crippen molar-refractivity contribution in [3.63, 3.8) is 0 Å². The second-order valence-electron chi connectivity index (χ2n) is 8.44. The van der Waals surface area contributed by atoms with Crippen LogP contribution in [-0.4, -0.2) is 30.5 Å². The van der Waals surface area contributed by atoms with Gasteiger partial charge in [-0.25, -0.2) is 9.67 Å². The summed E-state index contributed by atoms with van der Waals surface area (Å²) >= 11 is 0. The third-order valence-corrected chi connectivity index (χ3v) is 4.91. The molecule has 1 aromatic carbocycles. The number of benzene rings is 1. The van der Waals surface area contributed by atoms with Crippen LogP contribution in [0.25, 0.3) is 11.5 Å². The fraction of sp³-hybridized carbons (Fsp3) is 0.250. The highest BCUT2D eigenvalue weighted by molar-refractivity contribution is 5.90. The average Bonchev–Trinajstić information content (AvgIpc) is 3.41. The number of hydrogen-bond acceptors (Lipinski definition) is 4. The quantitative estimate of drug-likeness (QED) is 0.510. The Morgan fingerprint density at radius 2 is 1.84 bits per heavy atom. The lowest BCUT2D eigenvalue weighted by atomic mass is 9.92. The van der Waals surface area contributed by atoms with Crippen molar-refractivity contribution in [2.75, 3.05) is 5.32 Å². The third kappa shape index (κ3) is 4.88. The number of anilines is 1. The van der Waals surface area contributed by atoms with Crippen molar-refractivity contribution in [3.05, 3.63) is 84.4 Å². The lowest BCUT2D eigenvalue weighted by Crippen LogP contribution is -2.16. The molecule has 4 rings (SSSR count). The molecule has 0 aliphatic carbocycles. The van der Waals surface area contributed by atoms with Crippen molar-refractivity contribution < 1.29 is 4.79 Å². The standard InChI is InChI=1S/C24H26N6O/c1-24(2,3)20-15-22(30(28-20)21-11-7-8-14-25-21)27-23(31)13-12-18-16-26-29(17-18)19-9-5-4-6-10-19/h4-11,14-17H,12-13H2,1-3H3,(H,27,31). The Bertz CT molecular complexity index is 1160. The highest BCUT2D eigenvalue weighted by atomic mass is 16.1. The summed E-state index contributed by atoms with van der Waals surface area (Å²) in [5.41, 5.74) is 2.74. The SMILES string of the molecule is CC(C)(C)c1cc(NC(=O)CCc2cnn(-c3ccccc3)c2)n(-c2ccccn2)n1. The zero-order chi connectivity index (χ0) is 21.8. The van der Waals surface area contributed by atoms with Gasteiger partial charge >= 0.3 is 0 Å². The van der Waals surface area contributed by atoms with Gasteiger partial charge in [0.25, 0.3) is 0 Å². The fourth-order valence-electron chi connectivity index (χ4n) is 3.16. The number of aromatic nitrogens is 5. The normalized spacial score (nSPS) is 11.5. The zero-order valence-corrected chi connectivity index (χ0v) is 18.0. The van der Waals surface area contributed by atoms with E-state index in [0.29, 0.717) is 24.5 Å². The van der Waals surface area contributed by atoms with E-state index in [9.17, 15) is 4.79 Å². The number of aryl methyl sites for hydroxylation is 1. The third-order valence-electron chi connectivity index (χ3n) is 4.91. The molecule has 0 aliphatic rings. The van der Waals surface area contributed by atoms with Crippen LogP contribution in [0, 0.1) is 0 Å². The van der Waals surface area contributed by atoms with Crippen LogP contribution < -0.4 is 5.32 Å². The van der Waals surface area contributed by atoms with Crippen LogP contribution in [-0.2, 0) is 16.6 Å². The van der Waals surface area contributed by atoms with Gasteiger partial charge in [-0.1, -0.05) is 45.0 Å². The van der Waals surface area contributed by atoms with E-state index < -0.39 is 0 Å². The summed E-state index contributed by atoms with van der Waals surface area (Å²) in [7, 11) is 0. The van der Waals surface area contributed by atoms with Crippen molar-refractivity contribution in [3.8, 4) is 11.5 Å². The van der Waals surface area contributed by atoms with E-state index in [1.165, 1.54) is 0 Å². The minimum absolute atomic E-state index is 0.0787. The molecule has 0 saturated heterocycles. The molecule has 7 heteroatoms. The number of carbonyl (C=O) groups excluding carboxylic acids is 1. The number of carbonyl (C=O) groups is 1. The molecule has 0 fully saturated rings. The molecular weight excluding hydrogens is 388 g/mol. The van der Waals surface area contributed by atoms with Crippen molar-refractivity contribution in [1.29, 1.82) is 0 Å². The van der Waals surface area contributed by atoms with Crippen LogP contribution in [0.2, 0.25) is 0 Å². The number of rotatable bonds is 6. The van der Waals surface area contributed by atoms with E-state index in [2.05, 4.69) is 41.3 Å². The Hall–Kier alpha value is -3.74. The summed E-state index contributed by atoms with van der Waals surface area (Å²) in [4.78, 5) is 17.1. The van der Waals surface area contributed by atoms with Gasteiger partial charge in [-0.15, -0.1) is 0 Å². The van der Waals surface area contributed by atoms with Crippen molar-refractivity contribution in [2.24, 2.45) is 0 Å². The van der Waals surface area contributed by atoms with Gasteiger partial charge in [0.05, 0.1) is 17.6 Å². The van der Waals surface area contributed by atoms with Crippen LogP contribution in [0.3, 0.4) is 0 Å². The Labute approximate surface area is 181 Å². The van der Waals surface area contributed by atoms with Gasteiger partial charge in [0, 0.05) is 30.3 Å². The van der Waals surface area contributed by atoms with E-state index in [1.54, 1.807) is 17.1 Å². The number of hydrogen-bond donors (Lipinski definition) is 1. The van der Waals surface area contributed by atoms with Crippen molar-refractivity contribution in [1.82, 2.24) is 24.5 Å². The Kier molecular flexibility index (Phi) is 5.66. The largest absolute Gasteiger partial charge is 0.311 e. The van der Waals surface area contributed by atoms with E-state index in [-0.39, 0.29) is 11.3 Å². The molecule has 0 saturated carbocycles. The van der Waals surface area contributed by atoms with Gasteiger partial charge < -0.3 is 5.32 Å². The number of nitrogens with one attached hydrogen (secondary N) is 1.